The average molecular weight is 346 g/mol. The van der Waals surface area contributed by atoms with Crippen molar-refractivity contribution in [2.24, 2.45) is 7.05 Å². The highest BCUT2D eigenvalue weighted by molar-refractivity contribution is 6.36. The Bertz CT molecular complexity index is 708. The van der Waals surface area contributed by atoms with Crippen molar-refractivity contribution in [1.82, 2.24) is 9.78 Å². The first-order valence-corrected chi connectivity index (χ1v) is 7.12. The number of anilines is 1. The third kappa shape index (κ3) is 3.51. The highest BCUT2D eigenvalue weighted by Gasteiger charge is 2.15. The molecular formula is C14H14Cl2FN3O2. The first kappa shape index (κ1) is 16.6. The Balaban J connectivity index is 2.05. The van der Waals surface area contributed by atoms with Gasteiger partial charge < -0.3 is 10.1 Å². The number of hydrogen-bond donors (Lipinski definition) is 1. The molecule has 2 rings (SSSR count). The summed E-state index contributed by atoms with van der Waals surface area (Å²) in [7, 11) is 1.78. The van der Waals surface area contributed by atoms with Gasteiger partial charge in [0, 0.05) is 12.1 Å². The predicted molar refractivity (Wildman–Crippen MR) is 83.2 cm³/mol. The molecule has 0 fully saturated rings. The number of benzene rings is 1. The summed E-state index contributed by atoms with van der Waals surface area (Å²) in [6.07, 6.45) is 0. The largest absolute Gasteiger partial charge is 0.480 e. The van der Waals surface area contributed by atoms with Crippen LogP contribution >= 0.6 is 23.2 Å². The van der Waals surface area contributed by atoms with Gasteiger partial charge in [-0.15, -0.1) is 0 Å². The maximum Gasteiger partial charge on any atom is 0.262 e. The minimum absolute atomic E-state index is 0.0205. The molecule has 0 aliphatic rings. The monoisotopic (exact) mass is 345 g/mol. The van der Waals surface area contributed by atoms with E-state index in [0.29, 0.717) is 11.4 Å². The fourth-order valence-electron chi connectivity index (χ4n) is 1.94. The summed E-state index contributed by atoms with van der Waals surface area (Å²) in [4.78, 5) is 11.9. The van der Waals surface area contributed by atoms with Crippen molar-refractivity contribution in [3.8, 4) is 5.75 Å². The first-order chi connectivity index (χ1) is 10.3. The van der Waals surface area contributed by atoms with E-state index in [9.17, 15) is 9.18 Å². The maximum absolute atomic E-state index is 13.7. The molecule has 5 nitrogen and oxygen atoms in total. The fourth-order valence-corrected chi connectivity index (χ4v) is 2.45. The van der Waals surface area contributed by atoms with Crippen LogP contribution < -0.4 is 10.1 Å². The lowest BCUT2D eigenvalue weighted by molar-refractivity contribution is -0.118. The number of aryl methyl sites for hydroxylation is 2. The summed E-state index contributed by atoms with van der Waals surface area (Å²) >= 11 is 11.5. The van der Waals surface area contributed by atoms with Gasteiger partial charge >= 0.3 is 0 Å². The molecule has 1 aromatic heterocycles. The van der Waals surface area contributed by atoms with Crippen molar-refractivity contribution in [2.75, 3.05) is 11.9 Å². The van der Waals surface area contributed by atoms with Crippen LogP contribution in [0.1, 0.15) is 11.4 Å². The predicted octanol–water partition coefficient (Wildman–Crippen LogP) is 3.50. The van der Waals surface area contributed by atoms with E-state index in [0.717, 1.165) is 11.8 Å². The van der Waals surface area contributed by atoms with Gasteiger partial charge in [-0.1, -0.05) is 23.2 Å². The number of carbonyl (C=O) groups excluding carboxylic acids is 1. The number of rotatable bonds is 4. The maximum atomic E-state index is 13.7. The Kier molecular flexibility index (Phi) is 4.93. The number of aromatic nitrogens is 2. The highest BCUT2D eigenvalue weighted by atomic mass is 35.5. The van der Waals surface area contributed by atoms with E-state index < -0.39 is 11.7 Å². The third-order valence-corrected chi connectivity index (χ3v) is 3.58. The summed E-state index contributed by atoms with van der Waals surface area (Å²) in [5, 5.41) is 6.71. The van der Waals surface area contributed by atoms with Gasteiger partial charge in [-0.3, -0.25) is 9.48 Å². The summed E-state index contributed by atoms with van der Waals surface area (Å²) < 4.78 is 20.8. The lowest BCUT2D eigenvalue weighted by Crippen LogP contribution is -2.21. The SMILES string of the molecule is Cc1nn(C)c(C)c1OCC(=O)Nc1c(F)cc(Cl)cc1Cl. The molecule has 0 unspecified atom stereocenters. The number of ether oxygens (including phenoxy) is 1. The molecule has 1 N–H and O–H groups in total. The summed E-state index contributed by atoms with van der Waals surface area (Å²) in [6, 6.07) is 2.41. The Morgan fingerprint density at radius 3 is 2.64 bits per heavy atom. The number of nitrogens with zero attached hydrogens (tertiary/aromatic N) is 2. The molecular weight excluding hydrogens is 332 g/mol. The Labute approximate surface area is 137 Å². The lowest BCUT2D eigenvalue weighted by atomic mass is 10.3. The van der Waals surface area contributed by atoms with E-state index in [1.54, 1.807) is 18.7 Å². The first-order valence-electron chi connectivity index (χ1n) is 6.37. The van der Waals surface area contributed by atoms with Gasteiger partial charge in [-0.05, 0) is 26.0 Å². The van der Waals surface area contributed by atoms with Crippen molar-refractivity contribution in [1.29, 1.82) is 0 Å². The van der Waals surface area contributed by atoms with E-state index in [2.05, 4.69) is 10.4 Å². The van der Waals surface area contributed by atoms with Gasteiger partial charge in [0.15, 0.2) is 12.4 Å². The van der Waals surface area contributed by atoms with Gasteiger partial charge in [0.25, 0.3) is 5.91 Å². The molecule has 1 amide bonds. The molecule has 1 aromatic carbocycles. The number of hydrogen-bond acceptors (Lipinski definition) is 3. The van der Waals surface area contributed by atoms with Gasteiger partial charge in [-0.2, -0.15) is 5.10 Å². The van der Waals surface area contributed by atoms with E-state index in [1.807, 2.05) is 6.92 Å². The Morgan fingerprint density at radius 1 is 1.41 bits per heavy atom. The van der Waals surface area contributed by atoms with Crippen LogP contribution in [-0.4, -0.2) is 22.3 Å². The van der Waals surface area contributed by atoms with Crippen molar-refractivity contribution >= 4 is 34.8 Å². The van der Waals surface area contributed by atoms with Crippen molar-refractivity contribution < 1.29 is 13.9 Å². The highest BCUT2D eigenvalue weighted by Crippen LogP contribution is 2.29. The Hall–Kier alpha value is -1.79. The van der Waals surface area contributed by atoms with Crippen LogP contribution in [0.25, 0.3) is 0 Å². The average Bonchev–Trinajstić information content (AvgIpc) is 2.65. The zero-order chi connectivity index (χ0) is 16.4. The zero-order valence-corrected chi connectivity index (χ0v) is 13.7. The summed E-state index contributed by atoms with van der Waals surface area (Å²) in [5.41, 5.74) is 1.34. The number of carbonyl (C=O) groups is 1. The second-order valence-corrected chi connectivity index (χ2v) is 5.55. The molecule has 0 radical (unpaired) electrons. The molecule has 8 heteroatoms. The van der Waals surface area contributed by atoms with Crippen molar-refractivity contribution in [3.63, 3.8) is 0 Å². The molecule has 0 saturated carbocycles. The molecule has 0 saturated heterocycles. The van der Waals surface area contributed by atoms with Crippen LogP contribution in [-0.2, 0) is 11.8 Å². The lowest BCUT2D eigenvalue weighted by Gasteiger charge is -2.10. The topological polar surface area (TPSA) is 56.2 Å². The van der Waals surface area contributed by atoms with Crippen LogP contribution in [0, 0.1) is 19.7 Å². The number of halogens is 3. The van der Waals surface area contributed by atoms with Gasteiger partial charge in [0.1, 0.15) is 11.5 Å². The molecule has 0 bridgehead atoms. The minimum atomic E-state index is -0.709. The van der Waals surface area contributed by atoms with Crippen LogP contribution in [0.3, 0.4) is 0 Å². The summed E-state index contributed by atoms with van der Waals surface area (Å²) in [6.45, 7) is 3.31. The van der Waals surface area contributed by atoms with Crippen LogP contribution in [0.5, 0.6) is 5.75 Å². The van der Waals surface area contributed by atoms with Crippen LogP contribution in [0.2, 0.25) is 10.0 Å². The zero-order valence-electron chi connectivity index (χ0n) is 12.2. The van der Waals surface area contributed by atoms with E-state index in [4.69, 9.17) is 27.9 Å². The van der Waals surface area contributed by atoms with Crippen LogP contribution in [0.15, 0.2) is 12.1 Å². The van der Waals surface area contributed by atoms with Crippen molar-refractivity contribution in [3.05, 3.63) is 39.4 Å². The van der Waals surface area contributed by atoms with Gasteiger partial charge in [0.05, 0.1) is 16.4 Å². The molecule has 0 aliphatic carbocycles. The van der Waals surface area contributed by atoms with Crippen molar-refractivity contribution in [2.45, 2.75) is 13.8 Å². The molecule has 0 atom stereocenters. The van der Waals surface area contributed by atoms with E-state index >= 15 is 0 Å². The Morgan fingerprint density at radius 2 is 2.09 bits per heavy atom. The standard InChI is InChI=1S/C14H14Cl2FN3O2/c1-7-14(8(2)20(3)19-7)22-6-12(21)18-13-10(16)4-9(15)5-11(13)17/h4-5H,6H2,1-3H3,(H,18,21). The third-order valence-electron chi connectivity index (χ3n) is 3.06. The molecule has 2 aromatic rings. The van der Waals surface area contributed by atoms with Gasteiger partial charge in [-0.25, -0.2) is 4.39 Å². The smallest absolute Gasteiger partial charge is 0.262 e. The van der Waals surface area contributed by atoms with E-state index in [-0.39, 0.29) is 22.3 Å². The second kappa shape index (κ2) is 6.54. The molecule has 0 spiro atoms. The quantitative estimate of drug-likeness (QED) is 0.922. The molecule has 0 aliphatic heterocycles. The molecule has 22 heavy (non-hydrogen) atoms. The number of amides is 1. The minimum Gasteiger partial charge on any atom is -0.480 e. The number of nitrogens with one attached hydrogen (secondary N) is 1. The van der Waals surface area contributed by atoms with Crippen LogP contribution in [0.4, 0.5) is 10.1 Å². The molecule has 118 valence electrons. The van der Waals surface area contributed by atoms with Gasteiger partial charge in [0.2, 0.25) is 0 Å². The second-order valence-electron chi connectivity index (χ2n) is 4.70. The van der Waals surface area contributed by atoms with E-state index in [1.165, 1.54) is 6.07 Å². The molecule has 1 heterocycles. The summed E-state index contributed by atoms with van der Waals surface area (Å²) in [5.74, 6) is -0.717. The normalized spacial score (nSPS) is 10.6. The fraction of sp³-hybridized carbons (Fsp3) is 0.286.